The van der Waals surface area contributed by atoms with Gasteiger partial charge in [0.2, 0.25) is 0 Å². The minimum atomic E-state index is 0.506. The van der Waals surface area contributed by atoms with Crippen molar-refractivity contribution in [2.75, 3.05) is 26.9 Å². The molecule has 0 spiro atoms. The van der Waals surface area contributed by atoms with E-state index < -0.39 is 0 Å². The second-order valence-corrected chi connectivity index (χ2v) is 4.43. The average molecular weight is 215 g/mol. The Labute approximate surface area is 93.5 Å². The van der Waals surface area contributed by atoms with Gasteiger partial charge in [-0.15, -0.1) is 0 Å². The van der Waals surface area contributed by atoms with Gasteiger partial charge in [0.1, 0.15) is 0 Å². The summed E-state index contributed by atoms with van der Waals surface area (Å²) in [6.07, 6.45) is 6.50. The Morgan fingerprint density at radius 1 is 1.47 bits per heavy atom. The summed E-state index contributed by atoms with van der Waals surface area (Å²) in [6, 6.07) is 0.579. The maximum Gasteiger partial charge on any atom is 0.0590 e. The first kappa shape index (κ1) is 12.9. The molecule has 3 heteroatoms. The number of nitrogens with one attached hydrogen (secondary N) is 1. The molecule has 0 bridgehead atoms. The zero-order valence-corrected chi connectivity index (χ0v) is 10.1. The Balaban J connectivity index is 1.91. The largest absolute Gasteiger partial charge is 0.385 e. The summed E-state index contributed by atoms with van der Waals surface area (Å²) < 4.78 is 10.6. The van der Waals surface area contributed by atoms with Crippen LogP contribution in [0.25, 0.3) is 0 Å². The van der Waals surface area contributed by atoms with Crippen LogP contribution < -0.4 is 5.32 Å². The molecule has 1 rings (SSSR count). The highest BCUT2D eigenvalue weighted by molar-refractivity contribution is 4.71. The van der Waals surface area contributed by atoms with Crippen LogP contribution in [0.15, 0.2) is 0 Å². The summed E-state index contributed by atoms with van der Waals surface area (Å²) in [5, 5.41) is 3.53. The highest BCUT2D eigenvalue weighted by atomic mass is 16.5. The van der Waals surface area contributed by atoms with Gasteiger partial charge in [-0.3, -0.25) is 0 Å². The molecule has 0 aliphatic carbocycles. The topological polar surface area (TPSA) is 30.5 Å². The second kappa shape index (κ2) is 8.08. The van der Waals surface area contributed by atoms with E-state index >= 15 is 0 Å². The Hall–Kier alpha value is -0.120. The summed E-state index contributed by atoms with van der Waals surface area (Å²) in [5.41, 5.74) is 0. The molecule has 1 fully saturated rings. The lowest BCUT2D eigenvalue weighted by Crippen LogP contribution is -2.30. The Morgan fingerprint density at radius 3 is 3.00 bits per heavy atom. The van der Waals surface area contributed by atoms with Gasteiger partial charge in [-0.25, -0.2) is 0 Å². The summed E-state index contributed by atoms with van der Waals surface area (Å²) in [5.74, 6) is 0. The first-order valence-corrected chi connectivity index (χ1v) is 6.17. The van der Waals surface area contributed by atoms with Gasteiger partial charge in [-0.1, -0.05) is 0 Å². The lowest BCUT2D eigenvalue weighted by atomic mass is 10.1. The van der Waals surface area contributed by atoms with Crippen LogP contribution in [0.3, 0.4) is 0 Å². The molecule has 90 valence electrons. The van der Waals surface area contributed by atoms with E-state index in [0.717, 1.165) is 32.6 Å². The monoisotopic (exact) mass is 215 g/mol. The average Bonchev–Trinajstić information content (AvgIpc) is 2.70. The quantitative estimate of drug-likeness (QED) is 0.628. The van der Waals surface area contributed by atoms with Gasteiger partial charge in [-0.05, 0) is 45.6 Å². The molecule has 1 N–H and O–H groups in total. The molecular formula is C12H25NO2. The molecule has 0 radical (unpaired) electrons. The summed E-state index contributed by atoms with van der Waals surface area (Å²) in [6.45, 7) is 5.18. The number of ether oxygens (including phenoxy) is 2. The fourth-order valence-electron chi connectivity index (χ4n) is 2.03. The van der Waals surface area contributed by atoms with Crippen LogP contribution in [0.1, 0.15) is 39.0 Å². The predicted octanol–water partition coefficient (Wildman–Crippen LogP) is 1.96. The Kier molecular flexibility index (Phi) is 6.98. The van der Waals surface area contributed by atoms with Crippen molar-refractivity contribution in [3.05, 3.63) is 0 Å². The minimum absolute atomic E-state index is 0.506. The standard InChI is InChI=1S/C12H25NO2/c1-11(10-12-6-5-9-15-12)13-7-3-4-8-14-2/h11-13H,3-10H2,1-2H3. The molecule has 0 aromatic rings. The van der Waals surface area contributed by atoms with Crippen LogP contribution in [-0.2, 0) is 9.47 Å². The van der Waals surface area contributed by atoms with Gasteiger partial charge in [0.25, 0.3) is 0 Å². The van der Waals surface area contributed by atoms with Crippen molar-refractivity contribution in [3.8, 4) is 0 Å². The number of methoxy groups -OCH3 is 1. The highest BCUT2D eigenvalue weighted by Crippen LogP contribution is 2.16. The molecule has 0 aromatic heterocycles. The van der Waals surface area contributed by atoms with E-state index in [2.05, 4.69) is 12.2 Å². The number of rotatable bonds is 8. The van der Waals surface area contributed by atoms with Gasteiger partial charge in [-0.2, -0.15) is 0 Å². The Bertz CT molecular complexity index is 147. The fourth-order valence-corrected chi connectivity index (χ4v) is 2.03. The zero-order chi connectivity index (χ0) is 10.9. The number of unbranched alkanes of at least 4 members (excludes halogenated alkanes) is 1. The molecule has 15 heavy (non-hydrogen) atoms. The van der Waals surface area contributed by atoms with Gasteiger partial charge < -0.3 is 14.8 Å². The highest BCUT2D eigenvalue weighted by Gasteiger charge is 2.17. The third-order valence-corrected chi connectivity index (χ3v) is 2.91. The third-order valence-electron chi connectivity index (χ3n) is 2.91. The molecule has 2 unspecified atom stereocenters. The summed E-state index contributed by atoms with van der Waals surface area (Å²) in [7, 11) is 1.76. The molecule has 1 aliphatic rings. The van der Waals surface area contributed by atoms with E-state index in [0.29, 0.717) is 12.1 Å². The van der Waals surface area contributed by atoms with Gasteiger partial charge in [0.15, 0.2) is 0 Å². The van der Waals surface area contributed by atoms with Crippen molar-refractivity contribution >= 4 is 0 Å². The SMILES string of the molecule is COCCCCNC(C)CC1CCCO1. The Morgan fingerprint density at radius 2 is 2.33 bits per heavy atom. The number of hydrogen-bond acceptors (Lipinski definition) is 3. The maximum absolute atomic E-state index is 5.61. The van der Waals surface area contributed by atoms with Gasteiger partial charge in [0, 0.05) is 26.4 Å². The van der Waals surface area contributed by atoms with Crippen LogP contribution in [-0.4, -0.2) is 39.0 Å². The van der Waals surface area contributed by atoms with Gasteiger partial charge >= 0.3 is 0 Å². The molecule has 0 saturated carbocycles. The van der Waals surface area contributed by atoms with Crippen LogP contribution >= 0.6 is 0 Å². The van der Waals surface area contributed by atoms with E-state index in [1.165, 1.54) is 19.3 Å². The van der Waals surface area contributed by atoms with Crippen molar-refractivity contribution in [1.82, 2.24) is 5.32 Å². The summed E-state index contributed by atoms with van der Waals surface area (Å²) >= 11 is 0. The van der Waals surface area contributed by atoms with Crippen LogP contribution in [0, 0.1) is 0 Å². The molecule has 0 amide bonds. The van der Waals surface area contributed by atoms with E-state index in [9.17, 15) is 0 Å². The third kappa shape index (κ3) is 6.13. The number of hydrogen-bond donors (Lipinski definition) is 1. The van der Waals surface area contributed by atoms with Crippen LogP contribution in [0.2, 0.25) is 0 Å². The van der Waals surface area contributed by atoms with Gasteiger partial charge in [0.05, 0.1) is 6.10 Å². The molecule has 2 atom stereocenters. The summed E-state index contributed by atoms with van der Waals surface area (Å²) in [4.78, 5) is 0. The first-order chi connectivity index (χ1) is 7.33. The van der Waals surface area contributed by atoms with Crippen molar-refractivity contribution in [2.24, 2.45) is 0 Å². The second-order valence-electron chi connectivity index (χ2n) is 4.43. The molecule has 1 saturated heterocycles. The van der Waals surface area contributed by atoms with Crippen molar-refractivity contribution in [1.29, 1.82) is 0 Å². The minimum Gasteiger partial charge on any atom is -0.385 e. The molecule has 1 aliphatic heterocycles. The lowest BCUT2D eigenvalue weighted by Gasteiger charge is -2.17. The van der Waals surface area contributed by atoms with Crippen molar-refractivity contribution in [3.63, 3.8) is 0 Å². The van der Waals surface area contributed by atoms with Crippen molar-refractivity contribution < 1.29 is 9.47 Å². The molecular weight excluding hydrogens is 190 g/mol. The normalized spacial score (nSPS) is 23.2. The zero-order valence-electron chi connectivity index (χ0n) is 10.1. The van der Waals surface area contributed by atoms with E-state index in [-0.39, 0.29) is 0 Å². The van der Waals surface area contributed by atoms with E-state index in [1.807, 2.05) is 0 Å². The smallest absolute Gasteiger partial charge is 0.0590 e. The van der Waals surface area contributed by atoms with Crippen LogP contribution in [0.4, 0.5) is 0 Å². The van der Waals surface area contributed by atoms with Crippen LogP contribution in [0.5, 0.6) is 0 Å². The molecule has 3 nitrogen and oxygen atoms in total. The first-order valence-electron chi connectivity index (χ1n) is 6.17. The molecule has 0 aromatic carbocycles. The maximum atomic E-state index is 5.61. The lowest BCUT2D eigenvalue weighted by molar-refractivity contribution is 0.0962. The van der Waals surface area contributed by atoms with E-state index in [1.54, 1.807) is 7.11 Å². The van der Waals surface area contributed by atoms with Crippen molar-refractivity contribution in [2.45, 2.75) is 51.2 Å². The fraction of sp³-hybridized carbons (Fsp3) is 1.00. The predicted molar refractivity (Wildman–Crippen MR) is 62.2 cm³/mol. The molecule has 1 heterocycles. The van der Waals surface area contributed by atoms with E-state index in [4.69, 9.17) is 9.47 Å².